The van der Waals surface area contributed by atoms with E-state index in [-0.39, 0.29) is 5.69 Å². The Morgan fingerprint density at radius 3 is 2.81 bits per heavy atom. The SMILES string of the molecule is NC(=O)c1cn(Cc2ccccc2Br)nn1. The summed E-state index contributed by atoms with van der Waals surface area (Å²) in [6.07, 6.45) is 1.53. The Morgan fingerprint density at radius 2 is 2.19 bits per heavy atom. The second-order valence-electron chi connectivity index (χ2n) is 3.26. The third-order valence-electron chi connectivity index (χ3n) is 2.08. The molecule has 0 aliphatic rings. The molecular weight excluding hydrogens is 272 g/mol. The number of nitrogens with zero attached hydrogens (tertiary/aromatic N) is 3. The maximum Gasteiger partial charge on any atom is 0.270 e. The van der Waals surface area contributed by atoms with Crippen molar-refractivity contribution in [3.63, 3.8) is 0 Å². The summed E-state index contributed by atoms with van der Waals surface area (Å²) in [5.41, 5.74) is 6.32. The fraction of sp³-hybridized carbons (Fsp3) is 0.100. The van der Waals surface area contributed by atoms with Crippen LogP contribution in [0, 0.1) is 0 Å². The summed E-state index contributed by atoms with van der Waals surface area (Å²) in [6, 6.07) is 7.78. The Morgan fingerprint density at radius 1 is 1.44 bits per heavy atom. The molecule has 0 atom stereocenters. The number of nitrogens with two attached hydrogens (primary N) is 1. The van der Waals surface area contributed by atoms with E-state index >= 15 is 0 Å². The molecule has 0 fully saturated rings. The number of rotatable bonds is 3. The van der Waals surface area contributed by atoms with Crippen LogP contribution in [-0.4, -0.2) is 20.9 Å². The first-order chi connectivity index (χ1) is 7.66. The molecule has 2 aromatic rings. The van der Waals surface area contributed by atoms with E-state index in [1.807, 2.05) is 24.3 Å². The van der Waals surface area contributed by atoms with Crippen LogP contribution in [0.2, 0.25) is 0 Å². The van der Waals surface area contributed by atoms with Crippen molar-refractivity contribution in [2.24, 2.45) is 5.73 Å². The number of halogens is 1. The van der Waals surface area contributed by atoms with Crippen LogP contribution in [-0.2, 0) is 6.54 Å². The number of benzene rings is 1. The summed E-state index contributed by atoms with van der Waals surface area (Å²) in [5, 5.41) is 7.48. The van der Waals surface area contributed by atoms with Gasteiger partial charge in [-0.05, 0) is 11.6 Å². The highest BCUT2D eigenvalue weighted by Gasteiger charge is 2.07. The summed E-state index contributed by atoms with van der Waals surface area (Å²) in [7, 11) is 0. The number of aromatic nitrogens is 3. The van der Waals surface area contributed by atoms with Crippen molar-refractivity contribution in [2.45, 2.75) is 6.54 Å². The van der Waals surface area contributed by atoms with Crippen LogP contribution >= 0.6 is 15.9 Å². The summed E-state index contributed by atoms with van der Waals surface area (Å²) in [4.78, 5) is 10.8. The van der Waals surface area contributed by atoms with Gasteiger partial charge in [0.25, 0.3) is 5.91 Å². The van der Waals surface area contributed by atoms with Crippen molar-refractivity contribution in [1.82, 2.24) is 15.0 Å². The standard InChI is InChI=1S/C10H9BrN4O/c11-8-4-2-1-3-7(8)5-15-6-9(10(12)16)13-14-15/h1-4,6H,5H2,(H2,12,16). The molecule has 1 heterocycles. The number of amides is 1. The van der Waals surface area contributed by atoms with Crippen molar-refractivity contribution in [3.05, 3.63) is 46.2 Å². The molecule has 0 saturated heterocycles. The predicted molar refractivity (Wildman–Crippen MR) is 61.8 cm³/mol. The predicted octanol–water partition coefficient (Wildman–Crippen LogP) is 1.19. The summed E-state index contributed by atoms with van der Waals surface area (Å²) >= 11 is 3.44. The van der Waals surface area contributed by atoms with Gasteiger partial charge in [0.05, 0.1) is 12.7 Å². The maximum absolute atomic E-state index is 10.8. The number of carbonyl (C=O) groups excluding carboxylic acids is 1. The van der Waals surface area contributed by atoms with Crippen molar-refractivity contribution in [1.29, 1.82) is 0 Å². The van der Waals surface area contributed by atoms with Gasteiger partial charge in [0.15, 0.2) is 5.69 Å². The Hall–Kier alpha value is -1.69. The van der Waals surface area contributed by atoms with E-state index in [1.165, 1.54) is 6.20 Å². The molecule has 1 aromatic heterocycles. The van der Waals surface area contributed by atoms with E-state index < -0.39 is 5.91 Å². The third-order valence-corrected chi connectivity index (χ3v) is 2.85. The van der Waals surface area contributed by atoms with E-state index in [0.29, 0.717) is 6.54 Å². The van der Waals surface area contributed by atoms with Crippen LogP contribution < -0.4 is 5.73 Å². The highest BCUT2D eigenvalue weighted by molar-refractivity contribution is 9.10. The number of hydrogen-bond donors (Lipinski definition) is 1. The smallest absolute Gasteiger partial charge is 0.270 e. The zero-order chi connectivity index (χ0) is 11.5. The highest BCUT2D eigenvalue weighted by Crippen LogP contribution is 2.16. The topological polar surface area (TPSA) is 73.8 Å². The number of hydrogen-bond acceptors (Lipinski definition) is 3. The Bertz CT molecular complexity index is 523. The van der Waals surface area contributed by atoms with Gasteiger partial charge in [0, 0.05) is 4.47 Å². The minimum atomic E-state index is -0.571. The third kappa shape index (κ3) is 2.27. The molecule has 6 heteroatoms. The monoisotopic (exact) mass is 280 g/mol. The summed E-state index contributed by atoms with van der Waals surface area (Å²) in [5.74, 6) is -0.571. The van der Waals surface area contributed by atoms with Crippen molar-refractivity contribution in [3.8, 4) is 0 Å². The minimum Gasteiger partial charge on any atom is -0.364 e. The molecule has 82 valence electrons. The van der Waals surface area contributed by atoms with Crippen molar-refractivity contribution >= 4 is 21.8 Å². The zero-order valence-electron chi connectivity index (χ0n) is 8.30. The molecule has 0 bridgehead atoms. The molecular formula is C10H9BrN4O. The molecule has 5 nitrogen and oxygen atoms in total. The molecule has 0 radical (unpaired) electrons. The van der Waals surface area contributed by atoms with E-state index in [0.717, 1.165) is 10.0 Å². The van der Waals surface area contributed by atoms with Crippen LogP contribution in [0.15, 0.2) is 34.9 Å². The first kappa shape index (κ1) is 10.8. The van der Waals surface area contributed by atoms with E-state index in [4.69, 9.17) is 5.73 Å². The zero-order valence-corrected chi connectivity index (χ0v) is 9.89. The number of primary amides is 1. The lowest BCUT2D eigenvalue weighted by molar-refractivity contribution is 0.0995. The fourth-order valence-corrected chi connectivity index (χ4v) is 1.70. The van der Waals surface area contributed by atoms with Gasteiger partial charge >= 0.3 is 0 Å². The lowest BCUT2D eigenvalue weighted by Crippen LogP contribution is -2.11. The molecule has 0 aliphatic carbocycles. The minimum absolute atomic E-state index is 0.173. The molecule has 0 unspecified atom stereocenters. The van der Waals surface area contributed by atoms with Gasteiger partial charge in [-0.1, -0.05) is 39.3 Å². The van der Waals surface area contributed by atoms with Crippen molar-refractivity contribution < 1.29 is 4.79 Å². The normalized spacial score (nSPS) is 10.3. The molecule has 16 heavy (non-hydrogen) atoms. The van der Waals surface area contributed by atoms with Gasteiger partial charge in [0.1, 0.15) is 0 Å². The highest BCUT2D eigenvalue weighted by atomic mass is 79.9. The summed E-state index contributed by atoms with van der Waals surface area (Å²) < 4.78 is 2.56. The first-order valence-corrected chi connectivity index (χ1v) is 5.39. The van der Waals surface area contributed by atoms with Crippen LogP contribution in [0.3, 0.4) is 0 Å². The Balaban J connectivity index is 2.21. The molecule has 2 rings (SSSR count). The van der Waals surface area contributed by atoms with E-state index in [9.17, 15) is 4.79 Å². The molecule has 2 N–H and O–H groups in total. The Kier molecular flexibility index (Phi) is 3.00. The van der Waals surface area contributed by atoms with Gasteiger partial charge in [-0.3, -0.25) is 4.79 Å². The van der Waals surface area contributed by atoms with Gasteiger partial charge in [-0.15, -0.1) is 5.10 Å². The second kappa shape index (κ2) is 4.44. The summed E-state index contributed by atoms with van der Waals surface area (Å²) in [6.45, 7) is 0.543. The Labute approximate surface area is 100 Å². The van der Waals surface area contributed by atoms with Gasteiger partial charge in [-0.2, -0.15) is 0 Å². The number of carbonyl (C=O) groups is 1. The van der Waals surface area contributed by atoms with Crippen LogP contribution in [0.25, 0.3) is 0 Å². The van der Waals surface area contributed by atoms with E-state index in [2.05, 4.69) is 26.2 Å². The average molecular weight is 281 g/mol. The van der Waals surface area contributed by atoms with Crippen LogP contribution in [0.4, 0.5) is 0 Å². The van der Waals surface area contributed by atoms with Crippen LogP contribution in [0.5, 0.6) is 0 Å². The average Bonchev–Trinajstić information content (AvgIpc) is 2.70. The second-order valence-corrected chi connectivity index (χ2v) is 4.11. The van der Waals surface area contributed by atoms with Crippen LogP contribution in [0.1, 0.15) is 16.1 Å². The van der Waals surface area contributed by atoms with E-state index in [1.54, 1.807) is 4.68 Å². The molecule has 0 saturated carbocycles. The molecule has 1 aromatic carbocycles. The molecule has 0 aliphatic heterocycles. The molecule has 1 amide bonds. The largest absolute Gasteiger partial charge is 0.364 e. The van der Waals surface area contributed by atoms with Crippen molar-refractivity contribution in [2.75, 3.05) is 0 Å². The fourth-order valence-electron chi connectivity index (χ4n) is 1.29. The lowest BCUT2D eigenvalue weighted by Gasteiger charge is -2.02. The van der Waals surface area contributed by atoms with Gasteiger partial charge in [-0.25, -0.2) is 4.68 Å². The first-order valence-electron chi connectivity index (χ1n) is 4.60. The quantitative estimate of drug-likeness (QED) is 0.918. The van der Waals surface area contributed by atoms with Gasteiger partial charge < -0.3 is 5.73 Å². The van der Waals surface area contributed by atoms with Gasteiger partial charge in [0.2, 0.25) is 0 Å². The molecule has 0 spiro atoms. The maximum atomic E-state index is 10.8. The lowest BCUT2D eigenvalue weighted by atomic mass is 10.2.